The largest absolute Gasteiger partial charge is 0.343 e. The van der Waals surface area contributed by atoms with E-state index >= 15 is 0 Å². The minimum absolute atomic E-state index is 0.236. The third-order valence-corrected chi connectivity index (χ3v) is 3.66. The van der Waals surface area contributed by atoms with Gasteiger partial charge in [0.05, 0.1) is 11.6 Å². The molecule has 1 heterocycles. The molecule has 1 aromatic heterocycles. The van der Waals surface area contributed by atoms with Crippen LogP contribution < -0.4 is 10.6 Å². The van der Waals surface area contributed by atoms with Crippen molar-refractivity contribution >= 4 is 28.8 Å². The number of thiazole rings is 1. The number of anilines is 1. The zero-order valence-corrected chi connectivity index (χ0v) is 12.4. The molecular formula is C14H14FN3O2S. The molecule has 0 saturated heterocycles. The van der Waals surface area contributed by atoms with Crippen LogP contribution in [0.1, 0.15) is 15.4 Å². The number of aryl methyl sites for hydroxylation is 2. The van der Waals surface area contributed by atoms with Crippen LogP contribution >= 0.6 is 11.3 Å². The first-order valence-corrected chi connectivity index (χ1v) is 7.04. The quantitative estimate of drug-likeness (QED) is 0.854. The molecule has 5 nitrogen and oxygen atoms in total. The van der Waals surface area contributed by atoms with E-state index in [0.717, 1.165) is 9.88 Å². The lowest BCUT2D eigenvalue weighted by Gasteiger charge is -2.08. The molecule has 2 amide bonds. The number of carbonyl (C=O) groups is 2. The molecule has 0 aliphatic heterocycles. The molecule has 0 fully saturated rings. The Balaban J connectivity index is 1.93. The van der Waals surface area contributed by atoms with Crippen molar-refractivity contribution in [2.24, 2.45) is 0 Å². The normalized spacial score (nSPS) is 10.2. The van der Waals surface area contributed by atoms with Crippen LogP contribution in [0.15, 0.2) is 24.4 Å². The van der Waals surface area contributed by atoms with Crippen LogP contribution in [0.3, 0.4) is 0 Å². The number of halogens is 1. The molecule has 2 aromatic rings. The Labute approximate surface area is 125 Å². The van der Waals surface area contributed by atoms with E-state index in [-0.39, 0.29) is 12.2 Å². The van der Waals surface area contributed by atoms with E-state index in [1.807, 2.05) is 6.92 Å². The molecule has 1 aromatic carbocycles. The third-order valence-electron chi connectivity index (χ3n) is 2.75. The fourth-order valence-corrected chi connectivity index (χ4v) is 2.38. The Morgan fingerprint density at radius 1 is 1.29 bits per heavy atom. The maximum atomic E-state index is 13.1. The minimum Gasteiger partial charge on any atom is -0.343 e. The van der Waals surface area contributed by atoms with E-state index in [9.17, 15) is 14.0 Å². The number of amides is 2. The highest BCUT2D eigenvalue weighted by atomic mass is 32.1. The predicted octanol–water partition coefficient (Wildman–Crippen LogP) is 2.15. The molecule has 0 radical (unpaired) electrons. The van der Waals surface area contributed by atoms with Crippen molar-refractivity contribution < 1.29 is 14.0 Å². The number of nitrogens with one attached hydrogen (secondary N) is 2. The second-order valence-electron chi connectivity index (χ2n) is 4.44. The highest BCUT2D eigenvalue weighted by molar-refractivity contribution is 7.11. The van der Waals surface area contributed by atoms with Gasteiger partial charge in [0.1, 0.15) is 5.82 Å². The van der Waals surface area contributed by atoms with Crippen LogP contribution in [-0.4, -0.2) is 16.8 Å². The molecule has 0 bridgehead atoms. The summed E-state index contributed by atoms with van der Waals surface area (Å²) in [5.74, 6) is -2.08. The highest BCUT2D eigenvalue weighted by Gasteiger charge is 2.15. The van der Waals surface area contributed by atoms with E-state index in [2.05, 4.69) is 15.6 Å². The molecule has 0 aliphatic rings. The fourth-order valence-electron chi connectivity index (χ4n) is 1.64. The molecule has 7 heteroatoms. The van der Waals surface area contributed by atoms with Gasteiger partial charge in [-0.3, -0.25) is 9.59 Å². The number of nitrogens with zero attached hydrogens (tertiary/aromatic N) is 1. The van der Waals surface area contributed by atoms with Crippen molar-refractivity contribution in [1.82, 2.24) is 10.3 Å². The van der Waals surface area contributed by atoms with Crippen molar-refractivity contribution in [3.63, 3.8) is 0 Å². The standard InChI is InChI=1S/C14H14FN3O2S/c1-8-3-4-10(15)5-12(8)18-14(20)13(19)17-7-11-6-16-9(2)21-11/h3-6H,7H2,1-2H3,(H,17,19)(H,18,20). The summed E-state index contributed by atoms with van der Waals surface area (Å²) in [4.78, 5) is 28.3. The van der Waals surface area contributed by atoms with Crippen molar-refractivity contribution in [2.75, 3.05) is 5.32 Å². The Hall–Kier alpha value is -2.28. The Morgan fingerprint density at radius 2 is 2.05 bits per heavy atom. The van der Waals surface area contributed by atoms with Gasteiger partial charge in [-0.15, -0.1) is 11.3 Å². The van der Waals surface area contributed by atoms with Gasteiger partial charge < -0.3 is 10.6 Å². The van der Waals surface area contributed by atoms with Gasteiger partial charge in [0.25, 0.3) is 0 Å². The molecule has 110 valence electrons. The van der Waals surface area contributed by atoms with Gasteiger partial charge in [0.2, 0.25) is 0 Å². The van der Waals surface area contributed by atoms with Crippen molar-refractivity contribution in [3.8, 4) is 0 Å². The van der Waals surface area contributed by atoms with Crippen LogP contribution in [0.4, 0.5) is 10.1 Å². The second kappa shape index (κ2) is 6.45. The van der Waals surface area contributed by atoms with E-state index in [0.29, 0.717) is 5.56 Å². The number of hydrogen-bond donors (Lipinski definition) is 2. The molecule has 0 spiro atoms. The predicted molar refractivity (Wildman–Crippen MR) is 78.5 cm³/mol. The van der Waals surface area contributed by atoms with Crippen LogP contribution in [0.2, 0.25) is 0 Å². The van der Waals surface area contributed by atoms with E-state index in [1.54, 1.807) is 13.1 Å². The van der Waals surface area contributed by atoms with Gasteiger partial charge in [-0.2, -0.15) is 0 Å². The zero-order chi connectivity index (χ0) is 15.4. The SMILES string of the molecule is Cc1ncc(CNC(=O)C(=O)Nc2cc(F)ccc2C)s1. The lowest BCUT2D eigenvalue weighted by Crippen LogP contribution is -2.35. The average molecular weight is 307 g/mol. The topological polar surface area (TPSA) is 71.1 Å². The molecule has 0 aliphatic carbocycles. The Kier molecular flexibility index (Phi) is 4.64. The maximum absolute atomic E-state index is 13.1. The lowest BCUT2D eigenvalue weighted by atomic mass is 10.2. The summed E-state index contributed by atoms with van der Waals surface area (Å²) in [5, 5.41) is 5.77. The third kappa shape index (κ3) is 4.09. The van der Waals surface area contributed by atoms with Crippen LogP contribution in [0.5, 0.6) is 0 Å². The lowest BCUT2D eigenvalue weighted by molar-refractivity contribution is -0.136. The molecule has 2 rings (SSSR count). The summed E-state index contributed by atoms with van der Waals surface area (Å²) in [6.45, 7) is 3.81. The second-order valence-corrected chi connectivity index (χ2v) is 5.76. The monoisotopic (exact) mass is 307 g/mol. The molecule has 2 N–H and O–H groups in total. The average Bonchev–Trinajstić information content (AvgIpc) is 2.86. The van der Waals surface area contributed by atoms with Crippen LogP contribution in [0.25, 0.3) is 0 Å². The number of rotatable bonds is 3. The van der Waals surface area contributed by atoms with Gasteiger partial charge in [-0.1, -0.05) is 6.07 Å². The zero-order valence-electron chi connectivity index (χ0n) is 11.6. The first kappa shape index (κ1) is 15.1. The highest BCUT2D eigenvalue weighted by Crippen LogP contribution is 2.15. The molecule has 0 saturated carbocycles. The molecule has 21 heavy (non-hydrogen) atoms. The molecule has 0 unspecified atom stereocenters. The van der Waals surface area contributed by atoms with Gasteiger partial charge >= 0.3 is 11.8 Å². The summed E-state index contributed by atoms with van der Waals surface area (Å²) in [6.07, 6.45) is 1.65. The van der Waals surface area contributed by atoms with E-state index in [1.165, 1.54) is 29.5 Å². The van der Waals surface area contributed by atoms with Crippen LogP contribution in [-0.2, 0) is 16.1 Å². The van der Waals surface area contributed by atoms with Gasteiger partial charge in [0.15, 0.2) is 0 Å². The van der Waals surface area contributed by atoms with Crippen LogP contribution in [0, 0.1) is 19.7 Å². The first-order chi connectivity index (χ1) is 9.95. The summed E-state index contributed by atoms with van der Waals surface area (Å²) >= 11 is 1.44. The van der Waals surface area contributed by atoms with Gasteiger partial charge in [-0.25, -0.2) is 9.37 Å². The van der Waals surface area contributed by atoms with Gasteiger partial charge in [0, 0.05) is 16.8 Å². The summed E-state index contributed by atoms with van der Waals surface area (Å²) < 4.78 is 13.1. The minimum atomic E-state index is -0.829. The fraction of sp³-hybridized carbons (Fsp3) is 0.214. The van der Waals surface area contributed by atoms with E-state index in [4.69, 9.17) is 0 Å². The molecule has 0 atom stereocenters. The van der Waals surface area contributed by atoms with Crippen molar-refractivity contribution in [1.29, 1.82) is 0 Å². The smallest absolute Gasteiger partial charge is 0.313 e. The Bertz CT molecular complexity index is 685. The Morgan fingerprint density at radius 3 is 2.71 bits per heavy atom. The number of hydrogen-bond acceptors (Lipinski definition) is 4. The summed E-state index contributed by atoms with van der Waals surface area (Å²) in [6, 6.07) is 3.99. The number of carbonyl (C=O) groups excluding carboxylic acids is 2. The first-order valence-electron chi connectivity index (χ1n) is 6.22. The molecular weight excluding hydrogens is 293 g/mol. The summed E-state index contributed by atoms with van der Waals surface area (Å²) in [5.41, 5.74) is 0.958. The number of benzene rings is 1. The van der Waals surface area contributed by atoms with Crippen molar-refractivity contribution in [2.45, 2.75) is 20.4 Å². The van der Waals surface area contributed by atoms with E-state index < -0.39 is 17.6 Å². The maximum Gasteiger partial charge on any atom is 0.313 e. The summed E-state index contributed by atoms with van der Waals surface area (Å²) in [7, 11) is 0. The van der Waals surface area contributed by atoms with Crippen molar-refractivity contribution in [3.05, 3.63) is 45.7 Å². The number of aromatic nitrogens is 1. The van der Waals surface area contributed by atoms with Gasteiger partial charge in [-0.05, 0) is 31.5 Å².